The Kier molecular flexibility index (Phi) is 8.95. The Hall–Kier alpha value is -4.93. The molecule has 0 spiro atoms. The summed E-state index contributed by atoms with van der Waals surface area (Å²) in [5.74, 6) is -1.59. The molecule has 1 aromatic heterocycles. The molecule has 0 amide bonds. The van der Waals surface area contributed by atoms with Gasteiger partial charge >= 0.3 is 11.9 Å². The number of nitro benzene ring substituents is 1. The predicted molar refractivity (Wildman–Crippen MR) is 145 cm³/mol. The van der Waals surface area contributed by atoms with E-state index in [0.29, 0.717) is 29.3 Å². The fraction of sp³-hybridized carbons (Fsp3) is 0.276. The lowest BCUT2D eigenvalue weighted by Gasteiger charge is -2.30. The zero-order chi connectivity index (χ0) is 28.6. The molecular weight excluding hydrogens is 516 g/mol. The molecule has 208 valence electrons. The lowest BCUT2D eigenvalue weighted by molar-refractivity contribution is -0.384. The van der Waals surface area contributed by atoms with Crippen LogP contribution in [0.15, 0.2) is 89.8 Å². The third-order valence-corrected chi connectivity index (χ3v) is 6.32. The molecule has 0 radical (unpaired) electrons. The van der Waals surface area contributed by atoms with Crippen molar-refractivity contribution in [2.75, 3.05) is 19.8 Å². The summed E-state index contributed by atoms with van der Waals surface area (Å²) in [6.45, 7) is 5.93. The quantitative estimate of drug-likeness (QED) is 0.162. The fourth-order valence-corrected chi connectivity index (χ4v) is 4.55. The summed E-state index contributed by atoms with van der Waals surface area (Å²) in [6.07, 6.45) is 5.35. The fourth-order valence-electron chi connectivity index (χ4n) is 4.55. The molecular formula is C29H30N4O7. The summed E-state index contributed by atoms with van der Waals surface area (Å²) >= 11 is 0. The molecule has 40 heavy (non-hydrogen) atoms. The Bertz CT molecular complexity index is 1440. The minimum absolute atomic E-state index is 0.0501. The van der Waals surface area contributed by atoms with Gasteiger partial charge in [-0.2, -0.15) is 0 Å². The van der Waals surface area contributed by atoms with Gasteiger partial charge in [-0.05, 0) is 44.0 Å². The van der Waals surface area contributed by atoms with Crippen LogP contribution in [0.4, 0.5) is 5.69 Å². The second-order valence-electron chi connectivity index (χ2n) is 9.07. The monoisotopic (exact) mass is 546 g/mol. The molecule has 1 unspecified atom stereocenters. The van der Waals surface area contributed by atoms with Gasteiger partial charge in [0, 0.05) is 42.5 Å². The number of dihydropyridines is 1. The number of nitrogens with zero attached hydrogens (tertiary/aromatic N) is 3. The topological polar surface area (TPSA) is 135 Å². The molecule has 3 aromatic rings. The number of hydrogen-bond donors (Lipinski definition) is 1. The second kappa shape index (κ2) is 12.7. The summed E-state index contributed by atoms with van der Waals surface area (Å²) < 4.78 is 18.5. The summed E-state index contributed by atoms with van der Waals surface area (Å²) in [5, 5.41) is 14.5. The molecule has 0 fully saturated rings. The number of nitrogens with one attached hydrogen (secondary N) is 1. The Morgan fingerprint density at radius 3 is 2.35 bits per heavy atom. The maximum atomic E-state index is 13.4. The average molecular weight is 547 g/mol. The van der Waals surface area contributed by atoms with E-state index in [2.05, 4.69) is 10.3 Å². The van der Waals surface area contributed by atoms with Crippen LogP contribution in [0.25, 0.3) is 0 Å². The van der Waals surface area contributed by atoms with Crippen LogP contribution in [0.1, 0.15) is 37.8 Å². The molecule has 2 aromatic carbocycles. The number of esters is 2. The van der Waals surface area contributed by atoms with Gasteiger partial charge in [0.1, 0.15) is 19.0 Å². The van der Waals surface area contributed by atoms with Crippen LogP contribution in [-0.4, -0.2) is 46.2 Å². The Morgan fingerprint density at radius 2 is 1.73 bits per heavy atom. The van der Waals surface area contributed by atoms with Crippen molar-refractivity contribution in [2.45, 2.75) is 33.2 Å². The lowest BCUT2D eigenvalue weighted by Crippen LogP contribution is -2.33. The minimum Gasteiger partial charge on any atom is -0.490 e. The van der Waals surface area contributed by atoms with E-state index < -0.39 is 22.8 Å². The van der Waals surface area contributed by atoms with Gasteiger partial charge in [-0.15, -0.1) is 0 Å². The maximum absolute atomic E-state index is 13.4. The highest BCUT2D eigenvalue weighted by atomic mass is 16.6. The summed E-state index contributed by atoms with van der Waals surface area (Å²) in [7, 11) is 0. The van der Waals surface area contributed by atoms with Crippen molar-refractivity contribution in [3.63, 3.8) is 0 Å². The number of allylic oxidation sites excluding steroid dienone is 2. The first kappa shape index (κ1) is 28.1. The van der Waals surface area contributed by atoms with E-state index in [9.17, 15) is 19.7 Å². The Balaban J connectivity index is 1.47. The van der Waals surface area contributed by atoms with E-state index in [-0.39, 0.29) is 36.7 Å². The molecule has 2 heterocycles. The molecule has 11 heteroatoms. The Labute approximate surface area is 231 Å². The maximum Gasteiger partial charge on any atom is 0.336 e. The van der Waals surface area contributed by atoms with Crippen LogP contribution >= 0.6 is 0 Å². The number of nitro groups is 1. The molecule has 1 aliphatic rings. The number of hydrogen-bond acceptors (Lipinski definition) is 9. The molecule has 11 nitrogen and oxygen atoms in total. The van der Waals surface area contributed by atoms with Gasteiger partial charge in [-0.3, -0.25) is 10.1 Å². The standard InChI is InChI=1S/C29H30N4O7/c1-4-38-28(34)25-19(2)31-20(3)26(27(25)22-6-5-7-23(16-22)33(36)37)29(35)40-15-14-39-24-10-8-21(9-11-24)17-32-13-12-30-18-32/h5-13,16,18,27,31H,4,14-15,17H2,1-3H3. The number of carbonyl (C=O) groups excluding carboxylic acids is 2. The van der Waals surface area contributed by atoms with Crippen LogP contribution in [0, 0.1) is 10.1 Å². The molecule has 0 aliphatic carbocycles. The summed E-state index contributed by atoms with van der Waals surface area (Å²) in [5.41, 5.74) is 2.63. The van der Waals surface area contributed by atoms with Crippen LogP contribution < -0.4 is 10.1 Å². The van der Waals surface area contributed by atoms with Crippen LogP contribution in [0.3, 0.4) is 0 Å². The van der Waals surface area contributed by atoms with Crippen molar-refractivity contribution in [2.24, 2.45) is 0 Å². The van der Waals surface area contributed by atoms with Crippen LogP contribution in [0.2, 0.25) is 0 Å². The molecule has 1 N–H and O–H groups in total. The highest BCUT2D eigenvalue weighted by Crippen LogP contribution is 2.40. The number of benzene rings is 2. The van der Waals surface area contributed by atoms with Gasteiger partial charge in [-0.1, -0.05) is 24.3 Å². The lowest BCUT2D eigenvalue weighted by atomic mass is 9.80. The number of ether oxygens (including phenoxy) is 3. The third-order valence-electron chi connectivity index (χ3n) is 6.32. The first-order chi connectivity index (χ1) is 19.3. The number of aromatic nitrogens is 2. The van der Waals surface area contributed by atoms with E-state index in [1.54, 1.807) is 39.4 Å². The number of carbonyl (C=O) groups is 2. The third kappa shape index (κ3) is 6.55. The van der Waals surface area contributed by atoms with E-state index in [4.69, 9.17) is 14.2 Å². The number of rotatable bonds is 11. The zero-order valence-electron chi connectivity index (χ0n) is 22.5. The van der Waals surface area contributed by atoms with Gasteiger partial charge in [0.15, 0.2) is 0 Å². The Morgan fingerprint density at radius 1 is 1.02 bits per heavy atom. The summed E-state index contributed by atoms with van der Waals surface area (Å²) in [6, 6.07) is 13.4. The van der Waals surface area contributed by atoms with E-state index in [0.717, 1.165) is 5.56 Å². The van der Waals surface area contributed by atoms with Gasteiger partial charge in [0.05, 0.1) is 34.9 Å². The van der Waals surface area contributed by atoms with Crippen LogP contribution in [0.5, 0.6) is 5.75 Å². The van der Waals surface area contributed by atoms with Gasteiger partial charge in [0.2, 0.25) is 0 Å². The smallest absolute Gasteiger partial charge is 0.336 e. The first-order valence-electron chi connectivity index (χ1n) is 12.7. The van der Waals surface area contributed by atoms with Crippen molar-refractivity contribution >= 4 is 17.6 Å². The summed E-state index contributed by atoms with van der Waals surface area (Å²) in [4.78, 5) is 41.3. The van der Waals surface area contributed by atoms with Gasteiger partial charge < -0.3 is 24.1 Å². The van der Waals surface area contributed by atoms with Crippen molar-refractivity contribution in [1.29, 1.82) is 0 Å². The molecule has 1 atom stereocenters. The largest absolute Gasteiger partial charge is 0.490 e. The van der Waals surface area contributed by atoms with E-state index in [1.165, 1.54) is 18.2 Å². The number of imidazole rings is 1. The van der Waals surface area contributed by atoms with Gasteiger partial charge in [0.25, 0.3) is 5.69 Å². The van der Waals surface area contributed by atoms with E-state index >= 15 is 0 Å². The zero-order valence-corrected chi connectivity index (χ0v) is 22.5. The van der Waals surface area contributed by atoms with E-state index in [1.807, 2.05) is 35.0 Å². The number of non-ortho nitro benzene ring substituents is 1. The first-order valence-corrected chi connectivity index (χ1v) is 12.7. The highest BCUT2D eigenvalue weighted by Gasteiger charge is 2.38. The SMILES string of the molecule is CCOC(=O)C1=C(C)NC(C)=C(C(=O)OCCOc2ccc(Cn3ccnc3)cc2)C1c1cccc([N+](=O)[O-])c1. The molecule has 0 bridgehead atoms. The van der Waals surface area contributed by atoms with Gasteiger partial charge in [-0.25, -0.2) is 14.6 Å². The van der Waals surface area contributed by atoms with Crippen molar-refractivity contribution in [3.05, 3.63) is 111 Å². The van der Waals surface area contributed by atoms with Crippen molar-refractivity contribution in [3.8, 4) is 5.75 Å². The predicted octanol–water partition coefficient (Wildman–Crippen LogP) is 4.26. The molecule has 4 rings (SSSR count). The highest BCUT2D eigenvalue weighted by molar-refractivity contribution is 6.00. The second-order valence-corrected chi connectivity index (χ2v) is 9.07. The minimum atomic E-state index is -0.920. The molecule has 1 aliphatic heterocycles. The van der Waals surface area contributed by atoms with Crippen molar-refractivity contribution < 1.29 is 28.7 Å². The van der Waals surface area contributed by atoms with Crippen LogP contribution in [-0.2, 0) is 25.6 Å². The molecule has 0 saturated heterocycles. The molecule has 0 saturated carbocycles. The normalized spacial score (nSPS) is 14.9. The average Bonchev–Trinajstić information content (AvgIpc) is 3.44. The van der Waals surface area contributed by atoms with Crippen molar-refractivity contribution in [1.82, 2.24) is 14.9 Å².